The SMILES string of the molecule is CC(C)(O)C(F)(F)c1cc(OC(N)=O)ccn1. The molecule has 0 bridgehead atoms. The van der Waals surface area contributed by atoms with Gasteiger partial charge in [-0.3, -0.25) is 4.98 Å². The Bertz CT molecular complexity index is 430. The zero-order chi connectivity index (χ0) is 13.3. The summed E-state index contributed by atoms with van der Waals surface area (Å²) in [7, 11) is 0. The Labute approximate surface area is 96.2 Å². The predicted octanol–water partition coefficient (Wildman–Crippen LogP) is 1.40. The molecule has 17 heavy (non-hydrogen) atoms. The van der Waals surface area contributed by atoms with Crippen LogP contribution in [0.15, 0.2) is 18.3 Å². The van der Waals surface area contributed by atoms with Crippen molar-refractivity contribution in [2.45, 2.75) is 25.4 Å². The second-order valence-electron chi connectivity index (χ2n) is 3.93. The van der Waals surface area contributed by atoms with Gasteiger partial charge in [0.05, 0.1) is 0 Å². The van der Waals surface area contributed by atoms with Crippen LogP contribution in [0.4, 0.5) is 13.6 Å². The van der Waals surface area contributed by atoms with Gasteiger partial charge in [0, 0.05) is 12.3 Å². The number of nitrogens with zero attached hydrogens (tertiary/aromatic N) is 1. The lowest BCUT2D eigenvalue weighted by atomic mass is 9.97. The summed E-state index contributed by atoms with van der Waals surface area (Å²) >= 11 is 0. The summed E-state index contributed by atoms with van der Waals surface area (Å²) in [5, 5.41) is 9.35. The highest BCUT2D eigenvalue weighted by molar-refractivity contribution is 5.68. The van der Waals surface area contributed by atoms with Crippen molar-refractivity contribution < 1.29 is 23.4 Å². The fourth-order valence-corrected chi connectivity index (χ4v) is 1.08. The number of hydrogen-bond donors (Lipinski definition) is 2. The Kier molecular flexibility index (Phi) is 3.33. The number of ether oxygens (including phenoxy) is 1. The zero-order valence-corrected chi connectivity index (χ0v) is 9.28. The fourth-order valence-electron chi connectivity index (χ4n) is 1.08. The van der Waals surface area contributed by atoms with Crippen molar-refractivity contribution in [3.8, 4) is 5.75 Å². The monoisotopic (exact) mass is 246 g/mol. The lowest BCUT2D eigenvalue weighted by Gasteiger charge is -2.28. The van der Waals surface area contributed by atoms with E-state index in [1.165, 1.54) is 6.07 Å². The molecular formula is C10H12F2N2O3. The minimum Gasteiger partial charge on any atom is -0.410 e. The molecule has 3 N–H and O–H groups in total. The van der Waals surface area contributed by atoms with Crippen LogP contribution in [0.1, 0.15) is 19.5 Å². The van der Waals surface area contributed by atoms with E-state index in [4.69, 9.17) is 5.73 Å². The number of alkyl halides is 2. The quantitative estimate of drug-likeness (QED) is 0.844. The number of nitrogens with two attached hydrogens (primary N) is 1. The summed E-state index contributed by atoms with van der Waals surface area (Å²) in [5.41, 5.74) is 1.76. The molecular weight excluding hydrogens is 234 g/mol. The molecule has 0 aliphatic carbocycles. The molecule has 0 radical (unpaired) electrons. The van der Waals surface area contributed by atoms with Crippen LogP contribution in [0.5, 0.6) is 5.75 Å². The van der Waals surface area contributed by atoms with E-state index in [2.05, 4.69) is 9.72 Å². The third kappa shape index (κ3) is 2.88. The largest absolute Gasteiger partial charge is 0.410 e. The molecule has 1 aromatic rings. The molecule has 94 valence electrons. The van der Waals surface area contributed by atoms with Gasteiger partial charge in [-0.15, -0.1) is 0 Å². The number of primary amides is 1. The summed E-state index contributed by atoms with van der Waals surface area (Å²) in [5.74, 6) is -3.74. The normalized spacial score (nSPS) is 12.3. The van der Waals surface area contributed by atoms with Gasteiger partial charge in [-0.2, -0.15) is 8.78 Å². The average molecular weight is 246 g/mol. The van der Waals surface area contributed by atoms with Gasteiger partial charge in [0.2, 0.25) is 0 Å². The molecule has 0 aliphatic heterocycles. The van der Waals surface area contributed by atoms with E-state index in [0.29, 0.717) is 0 Å². The van der Waals surface area contributed by atoms with Gasteiger partial charge in [-0.05, 0) is 19.9 Å². The Morgan fingerprint density at radius 3 is 2.59 bits per heavy atom. The van der Waals surface area contributed by atoms with Gasteiger partial charge in [0.25, 0.3) is 0 Å². The molecule has 1 rings (SSSR count). The molecule has 0 aliphatic rings. The third-order valence-corrected chi connectivity index (χ3v) is 2.04. The van der Waals surface area contributed by atoms with E-state index >= 15 is 0 Å². The number of hydrogen-bond acceptors (Lipinski definition) is 4. The lowest BCUT2D eigenvalue weighted by molar-refractivity contribution is -0.171. The Morgan fingerprint density at radius 1 is 1.53 bits per heavy atom. The van der Waals surface area contributed by atoms with Gasteiger partial charge in [-0.25, -0.2) is 4.79 Å². The number of aliphatic hydroxyl groups is 1. The third-order valence-electron chi connectivity index (χ3n) is 2.04. The summed E-state index contributed by atoms with van der Waals surface area (Å²) < 4.78 is 31.8. The number of rotatable bonds is 3. The van der Waals surface area contributed by atoms with E-state index in [0.717, 1.165) is 26.1 Å². The molecule has 5 nitrogen and oxygen atoms in total. The Hall–Kier alpha value is -1.76. The molecule has 1 aromatic heterocycles. The van der Waals surface area contributed by atoms with Crippen LogP contribution < -0.4 is 10.5 Å². The molecule has 0 saturated heterocycles. The van der Waals surface area contributed by atoms with E-state index < -0.39 is 23.3 Å². The van der Waals surface area contributed by atoms with Crippen LogP contribution in [-0.4, -0.2) is 21.8 Å². The summed E-state index contributed by atoms with van der Waals surface area (Å²) in [6.07, 6.45) is -0.0819. The smallest absolute Gasteiger partial charge is 0.409 e. The van der Waals surface area contributed by atoms with Crippen LogP contribution >= 0.6 is 0 Å². The molecule has 7 heteroatoms. The minimum atomic E-state index is -3.58. The Balaban J connectivity index is 3.11. The number of halogens is 2. The van der Waals surface area contributed by atoms with Crippen LogP contribution in [0.25, 0.3) is 0 Å². The summed E-state index contributed by atoms with van der Waals surface area (Å²) in [6.45, 7) is 1.91. The molecule has 0 spiro atoms. The van der Waals surface area contributed by atoms with Gasteiger partial charge in [-0.1, -0.05) is 0 Å². The first-order valence-corrected chi connectivity index (χ1v) is 4.68. The van der Waals surface area contributed by atoms with Crippen molar-refractivity contribution in [1.29, 1.82) is 0 Å². The highest BCUT2D eigenvalue weighted by Crippen LogP contribution is 2.38. The number of carbonyl (C=O) groups is 1. The maximum atomic E-state index is 13.7. The molecule has 1 heterocycles. The number of aromatic nitrogens is 1. The van der Waals surface area contributed by atoms with Crippen molar-refractivity contribution >= 4 is 6.09 Å². The van der Waals surface area contributed by atoms with Crippen molar-refractivity contribution in [2.24, 2.45) is 5.73 Å². The molecule has 0 atom stereocenters. The first-order valence-electron chi connectivity index (χ1n) is 4.68. The molecule has 0 unspecified atom stereocenters. The van der Waals surface area contributed by atoms with Gasteiger partial charge in [0.15, 0.2) is 0 Å². The first kappa shape index (κ1) is 13.3. The Morgan fingerprint density at radius 2 is 2.12 bits per heavy atom. The van der Waals surface area contributed by atoms with Crippen LogP contribution in [0.3, 0.4) is 0 Å². The highest BCUT2D eigenvalue weighted by atomic mass is 19.3. The van der Waals surface area contributed by atoms with Crippen molar-refractivity contribution in [3.05, 3.63) is 24.0 Å². The zero-order valence-electron chi connectivity index (χ0n) is 9.28. The topological polar surface area (TPSA) is 85.4 Å². The predicted molar refractivity (Wildman–Crippen MR) is 54.6 cm³/mol. The molecule has 0 saturated carbocycles. The van der Waals surface area contributed by atoms with Crippen LogP contribution in [0.2, 0.25) is 0 Å². The van der Waals surface area contributed by atoms with Gasteiger partial charge in [0.1, 0.15) is 17.0 Å². The van der Waals surface area contributed by atoms with Crippen LogP contribution in [0, 0.1) is 0 Å². The molecule has 1 amide bonds. The first-order chi connectivity index (χ1) is 7.64. The maximum Gasteiger partial charge on any atom is 0.409 e. The highest BCUT2D eigenvalue weighted by Gasteiger charge is 2.48. The van der Waals surface area contributed by atoms with Crippen molar-refractivity contribution in [3.63, 3.8) is 0 Å². The number of carbonyl (C=O) groups excluding carboxylic acids is 1. The summed E-state index contributed by atoms with van der Waals surface area (Å²) in [4.78, 5) is 13.9. The van der Waals surface area contributed by atoms with Gasteiger partial charge >= 0.3 is 12.0 Å². The maximum absolute atomic E-state index is 13.7. The second-order valence-corrected chi connectivity index (χ2v) is 3.93. The lowest BCUT2D eigenvalue weighted by Crippen LogP contribution is -2.40. The van der Waals surface area contributed by atoms with Gasteiger partial charge < -0.3 is 15.6 Å². The summed E-state index contributed by atoms with van der Waals surface area (Å²) in [6, 6.07) is 2.05. The van der Waals surface area contributed by atoms with E-state index in [9.17, 15) is 18.7 Å². The second kappa shape index (κ2) is 4.25. The van der Waals surface area contributed by atoms with E-state index in [-0.39, 0.29) is 5.75 Å². The number of pyridine rings is 1. The average Bonchev–Trinajstić information content (AvgIpc) is 2.15. The van der Waals surface area contributed by atoms with Crippen molar-refractivity contribution in [1.82, 2.24) is 4.98 Å². The number of amides is 1. The fraction of sp³-hybridized carbons (Fsp3) is 0.400. The minimum absolute atomic E-state index is 0.161. The van der Waals surface area contributed by atoms with E-state index in [1.54, 1.807) is 0 Å². The molecule has 0 aromatic carbocycles. The standard InChI is InChI=1S/C10H12F2N2O3/c1-9(2,16)10(11,12)7-5-6(3-4-14-7)17-8(13)15/h3-5,16H,1-2H3,(H2,13,15). The van der Waals surface area contributed by atoms with Crippen LogP contribution in [-0.2, 0) is 5.92 Å². The van der Waals surface area contributed by atoms with Crippen molar-refractivity contribution in [2.75, 3.05) is 0 Å². The van der Waals surface area contributed by atoms with E-state index in [1.807, 2.05) is 0 Å². The molecule has 0 fully saturated rings.